The highest BCUT2D eigenvalue weighted by Crippen LogP contribution is 2.50. The van der Waals surface area contributed by atoms with Crippen LogP contribution in [0.1, 0.15) is 25.0 Å². The summed E-state index contributed by atoms with van der Waals surface area (Å²) >= 11 is 0. The fraction of sp³-hybridized carbons (Fsp3) is 0.0448. The summed E-state index contributed by atoms with van der Waals surface area (Å²) in [5.41, 5.74) is 21.0. The van der Waals surface area contributed by atoms with Crippen molar-refractivity contribution >= 4 is 71.6 Å². The molecule has 0 amide bonds. The second kappa shape index (κ2) is 15.6. The van der Waals surface area contributed by atoms with Crippen LogP contribution in [0.25, 0.3) is 105 Å². The van der Waals surface area contributed by atoms with E-state index in [0.29, 0.717) is 0 Å². The highest BCUT2D eigenvalue weighted by Gasteiger charge is 2.35. The lowest BCUT2D eigenvalue weighted by Gasteiger charge is -2.28. The first-order chi connectivity index (χ1) is 34.5. The van der Waals surface area contributed by atoms with Crippen LogP contribution in [0.4, 0.5) is 17.1 Å². The highest BCUT2D eigenvalue weighted by atomic mass is 16.3. The van der Waals surface area contributed by atoms with Gasteiger partial charge in [0, 0.05) is 49.4 Å². The largest absolute Gasteiger partial charge is 0.454 e. The minimum atomic E-state index is -0.0601. The normalized spacial score (nSPS) is 12.8. The van der Waals surface area contributed by atoms with Crippen LogP contribution < -0.4 is 4.90 Å². The summed E-state index contributed by atoms with van der Waals surface area (Å²) in [7, 11) is 0. The standard InChI is InChI=1S/C67H46N2O/c1-67(2)60-21-11-8-17-53(60)54-37-30-47(42-61(54)67)45-28-33-49(34-29-45)68(63-41-40-51(46-14-4-3-5-15-46)52-16-6-7-18-55(52)63)48-31-24-43(25-32-48)44-26-35-50(36-27-44)69-62-22-12-9-19-56(62)58-38-39-59-57-20-10-13-23-64(57)70-66(59)65(58)69/h3-42H,1-2H3. The molecule has 3 nitrogen and oxygen atoms in total. The van der Waals surface area contributed by atoms with Crippen molar-refractivity contribution in [3.63, 3.8) is 0 Å². The number of benzene rings is 11. The molecule has 1 aliphatic carbocycles. The fourth-order valence-corrected chi connectivity index (χ4v) is 11.6. The number of nitrogens with zero attached hydrogens (tertiary/aromatic N) is 2. The lowest BCUT2D eigenvalue weighted by Crippen LogP contribution is -2.14. The van der Waals surface area contributed by atoms with E-state index < -0.39 is 0 Å². The summed E-state index contributed by atoms with van der Waals surface area (Å²) in [5, 5.41) is 7.06. The topological polar surface area (TPSA) is 21.3 Å². The molecule has 0 radical (unpaired) electrons. The molecule has 0 N–H and O–H groups in total. The molecular formula is C67H46N2O. The molecule has 0 saturated carbocycles. The maximum atomic E-state index is 6.63. The Labute approximate surface area is 406 Å². The van der Waals surface area contributed by atoms with E-state index in [2.05, 4.69) is 260 Å². The van der Waals surface area contributed by atoms with E-state index >= 15 is 0 Å². The minimum Gasteiger partial charge on any atom is -0.454 e. The van der Waals surface area contributed by atoms with Gasteiger partial charge in [-0.2, -0.15) is 0 Å². The van der Waals surface area contributed by atoms with E-state index in [0.717, 1.165) is 66.8 Å². The van der Waals surface area contributed by atoms with Crippen molar-refractivity contribution in [2.24, 2.45) is 0 Å². The number of rotatable bonds is 7. The van der Waals surface area contributed by atoms with Crippen molar-refractivity contribution in [2.75, 3.05) is 4.90 Å². The van der Waals surface area contributed by atoms with Gasteiger partial charge in [-0.15, -0.1) is 0 Å². The quantitative estimate of drug-likeness (QED) is 0.159. The van der Waals surface area contributed by atoms with Crippen molar-refractivity contribution < 1.29 is 4.42 Å². The zero-order valence-corrected chi connectivity index (χ0v) is 38.9. The van der Waals surface area contributed by atoms with Gasteiger partial charge in [-0.1, -0.05) is 190 Å². The van der Waals surface area contributed by atoms with Crippen molar-refractivity contribution in [2.45, 2.75) is 19.3 Å². The van der Waals surface area contributed by atoms with Crippen molar-refractivity contribution in [1.29, 1.82) is 0 Å². The first-order valence-corrected chi connectivity index (χ1v) is 24.2. The average molecular weight is 895 g/mol. The van der Waals surface area contributed by atoms with Crippen LogP contribution >= 0.6 is 0 Å². The molecule has 1 aliphatic rings. The molecule has 3 heteroatoms. The van der Waals surface area contributed by atoms with Gasteiger partial charge in [0.1, 0.15) is 5.58 Å². The molecule has 0 unspecified atom stereocenters. The Morgan fingerprint density at radius 3 is 1.69 bits per heavy atom. The van der Waals surface area contributed by atoms with Crippen LogP contribution in [-0.2, 0) is 5.41 Å². The lowest BCUT2D eigenvalue weighted by atomic mass is 9.81. The molecule has 13 aromatic rings. The van der Waals surface area contributed by atoms with Crippen LogP contribution in [0.2, 0.25) is 0 Å². The van der Waals surface area contributed by atoms with Crippen LogP contribution in [0.5, 0.6) is 0 Å². The van der Waals surface area contributed by atoms with Gasteiger partial charge in [-0.05, 0) is 128 Å². The SMILES string of the molecule is CC1(C)c2ccccc2-c2ccc(-c3ccc(N(c4ccc(-c5ccc(-n6c7ccccc7c7ccc8c9ccccc9oc8c76)cc5)cc4)c4ccc(-c5ccccc5)c5ccccc45)cc3)cc21. The van der Waals surface area contributed by atoms with E-state index in [4.69, 9.17) is 4.42 Å². The lowest BCUT2D eigenvalue weighted by molar-refractivity contribution is 0.660. The highest BCUT2D eigenvalue weighted by molar-refractivity contribution is 6.21. The van der Waals surface area contributed by atoms with E-state index in [-0.39, 0.29) is 5.41 Å². The Morgan fingerprint density at radius 1 is 0.371 bits per heavy atom. The molecular weight excluding hydrogens is 849 g/mol. The molecule has 0 fully saturated rings. The molecule has 0 spiro atoms. The molecule has 330 valence electrons. The number of furan rings is 1. The second-order valence-corrected chi connectivity index (χ2v) is 19.2. The second-order valence-electron chi connectivity index (χ2n) is 19.2. The van der Waals surface area contributed by atoms with Gasteiger partial charge in [0.25, 0.3) is 0 Å². The number of hydrogen-bond donors (Lipinski definition) is 0. The summed E-state index contributed by atoms with van der Waals surface area (Å²) < 4.78 is 8.99. The van der Waals surface area contributed by atoms with Gasteiger partial charge in [-0.25, -0.2) is 0 Å². The Hall–Kier alpha value is -8.92. The zero-order chi connectivity index (χ0) is 46.5. The summed E-state index contributed by atoms with van der Waals surface area (Å²) in [6, 6.07) is 88.6. The van der Waals surface area contributed by atoms with Crippen molar-refractivity contribution in [1.82, 2.24) is 4.57 Å². The summed E-state index contributed by atoms with van der Waals surface area (Å²) in [6.45, 7) is 4.70. The summed E-state index contributed by atoms with van der Waals surface area (Å²) in [6.07, 6.45) is 0. The third-order valence-corrected chi connectivity index (χ3v) is 15.0. The van der Waals surface area contributed by atoms with Gasteiger partial charge >= 0.3 is 0 Å². The maximum absolute atomic E-state index is 6.63. The molecule has 0 atom stereocenters. The van der Waals surface area contributed by atoms with Gasteiger partial charge in [0.2, 0.25) is 0 Å². The smallest absolute Gasteiger partial charge is 0.160 e. The molecule has 70 heavy (non-hydrogen) atoms. The first kappa shape index (κ1) is 40.2. The van der Waals surface area contributed by atoms with Crippen LogP contribution in [-0.4, -0.2) is 4.57 Å². The number of para-hydroxylation sites is 2. The van der Waals surface area contributed by atoms with E-state index in [1.54, 1.807) is 0 Å². The summed E-state index contributed by atoms with van der Waals surface area (Å²) in [5.74, 6) is 0. The first-order valence-electron chi connectivity index (χ1n) is 24.2. The van der Waals surface area contributed by atoms with Crippen LogP contribution in [0.3, 0.4) is 0 Å². The van der Waals surface area contributed by atoms with Crippen molar-refractivity contribution in [3.8, 4) is 50.2 Å². The molecule has 2 heterocycles. The van der Waals surface area contributed by atoms with E-state index in [9.17, 15) is 0 Å². The number of anilines is 3. The average Bonchev–Trinajstić information content (AvgIpc) is 4.05. The number of hydrogen-bond acceptors (Lipinski definition) is 2. The molecule has 14 rings (SSSR count). The third kappa shape index (κ3) is 6.15. The van der Waals surface area contributed by atoms with Gasteiger partial charge < -0.3 is 13.9 Å². The molecule has 0 saturated heterocycles. The number of aromatic nitrogens is 1. The Morgan fingerprint density at radius 2 is 0.929 bits per heavy atom. The van der Waals surface area contributed by atoms with Gasteiger partial charge in [-0.3, -0.25) is 0 Å². The zero-order valence-electron chi connectivity index (χ0n) is 38.9. The fourth-order valence-electron chi connectivity index (χ4n) is 11.6. The Bertz CT molecular complexity index is 4180. The number of fused-ring (bicyclic) bond motifs is 11. The third-order valence-electron chi connectivity index (χ3n) is 15.0. The molecule has 11 aromatic carbocycles. The van der Waals surface area contributed by atoms with Crippen molar-refractivity contribution in [3.05, 3.63) is 254 Å². The predicted molar refractivity (Wildman–Crippen MR) is 294 cm³/mol. The van der Waals surface area contributed by atoms with Crippen LogP contribution in [0, 0.1) is 0 Å². The molecule has 2 aromatic heterocycles. The van der Waals surface area contributed by atoms with E-state index in [1.807, 2.05) is 6.07 Å². The summed E-state index contributed by atoms with van der Waals surface area (Å²) in [4.78, 5) is 2.41. The molecule has 0 aliphatic heterocycles. The maximum Gasteiger partial charge on any atom is 0.160 e. The van der Waals surface area contributed by atoms with E-state index in [1.165, 1.54) is 66.1 Å². The molecule has 0 bridgehead atoms. The van der Waals surface area contributed by atoms with Gasteiger partial charge in [0.05, 0.1) is 16.7 Å². The minimum absolute atomic E-state index is 0.0601. The monoisotopic (exact) mass is 894 g/mol. The Balaban J connectivity index is 0.852. The Kier molecular flexibility index (Phi) is 8.93. The van der Waals surface area contributed by atoms with Gasteiger partial charge in [0.15, 0.2) is 5.58 Å². The predicted octanol–water partition coefficient (Wildman–Crippen LogP) is 18.6. The van der Waals surface area contributed by atoms with Crippen LogP contribution in [0.15, 0.2) is 247 Å².